The molecule has 11 nitrogen and oxygen atoms in total. The second kappa shape index (κ2) is 7.85. The van der Waals surface area contributed by atoms with Crippen LogP contribution in [0, 0.1) is 0 Å². The normalized spacial score (nSPS) is 11.2. The number of nitrogens with one attached hydrogen (secondary N) is 3. The van der Waals surface area contributed by atoms with Crippen LogP contribution in [0.25, 0.3) is 11.2 Å². The second-order valence-electron chi connectivity index (χ2n) is 6.39. The van der Waals surface area contributed by atoms with Gasteiger partial charge in [-0.05, 0) is 20.8 Å². The van der Waals surface area contributed by atoms with Crippen LogP contribution >= 0.6 is 0 Å². The lowest BCUT2D eigenvalue weighted by atomic mass is 10.2. The van der Waals surface area contributed by atoms with Crippen LogP contribution in [0.3, 0.4) is 0 Å². The molecule has 3 N–H and O–H groups in total. The molecule has 0 spiro atoms. The largest absolute Gasteiger partial charge is 0.468 e. The molecule has 0 unspecified atom stereocenters. The molecule has 0 saturated heterocycles. The van der Waals surface area contributed by atoms with Gasteiger partial charge in [0.25, 0.3) is 5.56 Å². The van der Waals surface area contributed by atoms with Crippen LogP contribution in [0.2, 0.25) is 0 Å². The molecule has 0 aliphatic rings. The number of aromatic nitrogens is 4. The lowest BCUT2D eigenvalue weighted by molar-refractivity contribution is -0.141. The van der Waals surface area contributed by atoms with Crippen molar-refractivity contribution >= 4 is 29.2 Å². The Bertz CT molecular complexity index is 850. The van der Waals surface area contributed by atoms with E-state index in [0.29, 0.717) is 6.54 Å². The van der Waals surface area contributed by atoms with E-state index >= 15 is 0 Å². The zero-order chi connectivity index (χ0) is 19.3. The summed E-state index contributed by atoms with van der Waals surface area (Å²) in [5.74, 6) is -0.289. The first-order valence-corrected chi connectivity index (χ1v) is 7.92. The zero-order valence-electron chi connectivity index (χ0n) is 15.1. The third-order valence-corrected chi connectivity index (χ3v) is 3.09. The molecular weight excluding hydrogens is 344 g/mol. The minimum Gasteiger partial charge on any atom is -0.468 e. The molecule has 2 heterocycles. The van der Waals surface area contributed by atoms with Crippen LogP contribution in [0.4, 0.5) is 10.7 Å². The van der Waals surface area contributed by atoms with Gasteiger partial charge < -0.3 is 24.7 Å². The molecule has 2 rings (SSSR count). The van der Waals surface area contributed by atoms with Crippen molar-refractivity contribution < 1.29 is 19.1 Å². The first kappa shape index (κ1) is 19.2. The molecule has 2 aromatic heterocycles. The van der Waals surface area contributed by atoms with Gasteiger partial charge in [-0.1, -0.05) is 0 Å². The lowest BCUT2D eigenvalue weighted by Crippen LogP contribution is -2.35. The second-order valence-corrected chi connectivity index (χ2v) is 6.39. The third kappa shape index (κ3) is 5.19. The Kier molecular flexibility index (Phi) is 5.80. The molecule has 0 radical (unpaired) electrons. The number of H-pyrrole nitrogens is 1. The minimum absolute atomic E-state index is 0.108. The minimum atomic E-state index is -0.576. The van der Waals surface area contributed by atoms with Gasteiger partial charge in [0, 0.05) is 13.1 Å². The topological polar surface area (TPSA) is 140 Å². The van der Waals surface area contributed by atoms with Crippen molar-refractivity contribution in [3.05, 3.63) is 16.7 Å². The smallest absolute Gasteiger partial charge is 0.407 e. The molecule has 0 atom stereocenters. The molecule has 26 heavy (non-hydrogen) atoms. The molecule has 11 heteroatoms. The molecule has 0 fully saturated rings. The molecule has 1 amide bonds. The van der Waals surface area contributed by atoms with Gasteiger partial charge >= 0.3 is 12.1 Å². The van der Waals surface area contributed by atoms with Crippen LogP contribution in [0.15, 0.2) is 11.1 Å². The number of methoxy groups -OCH3 is 1. The van der Waals surface area contributed by atoms with Crippen molar-refractivity contribution in [1.29, 1.82) is 0 Å². The van der Waals surface area contributed by atoms with Gasteiger partial charge in [-0.25, -0.2) is 9.78 Å². The SMILES string of the molecule is COC(=O)Cn1cnc2c(=O)[nH]c(NCCNC(=O)OC(C)(C)C)nc21. The average molecular weight is 366 g/mol. The van der Waals surface area contributed by atoms with E-state index in [9.17, 15) is 14.4 Å². The fraction of sp³-hybridized carbons (Fsp3) is 0.533. The maximum atomic E-state index is 12.0. The van der Waals surface area contributed by atoms with Crippen LogP contribution in [-0.2, 0) is 20.8 Å². The molecular formula is C15H22N6O5. The molecule has 0 bridgehead atoms. The van der Waals surface area contributed by atoms with Crippen molar-refractivity contribution in [2.45, 2.75) is 32.9 Å². The molecule has 0 aromatic carbocycles. The van der Waals surface area contributed by atoms with Gasteiger partial charge in [0.2, 0.25) is 5.95 Å². The summed E-state index contributed by atoms with van der Waals surface area (Å²) in [4.78, 5) is 45.7. The summed E-state index contributed by atoms with van der Waals surface area (Å²) >= 11 is 0. The number of aromatic amines is 1. The van der Waals surface area contributed by atoms with Gasteiger partial charge in [-0.3, -0.25) is 14.6 Å². The number of hydrogen-bond donors (Lipinski definition) is 3. The maximum absolute atomic E-state index is 12.0. The van der Waals surface area contributed by atoms with Gasteiger partial charge in [0.1, 0.15) is 12.1 Å². The van der Waals surface area contributed by atoms with Crippen molar-refractivity contribution in [2.75, 3.05) is 25.5 Å². The number of carbonyl (C=O) groups is 2. The van der Waals surface area contributed by atoms with Crippen LogP contribution < -0.4 is 16.2 Å². The molecule has 142 valence electrons. The Balaban J connectivity index is 1.99. The van der Waals surface area contributed by atoms with Gasteiger partial charge in [-0.15, -0.1) is 0 Å². The summed E-state index contributed by atoms with van der Waals surface area (Å²) < 4.78 is 11.1. The van der Waals surface area contributed by atoms with Crippen LogP contribution in [0.5, 0.6) is 0 Å². The fourth-order valence-corrected chi connectivity index (χ4v) is 2.02. The quantitative estimate of drug-likeness (QED) is 0.487. The predicted octanol–water partition coefficient (Wildman–Crippen LogP) is 0.229. The summed E-state index contributed by atoms with van der Waals surface area (Å²) in [5.41, 5.74) is -0.651. The van der Waals surface area contributed by atoms with Crippen LogP contribution in [0.1, 0.15) is 20.8 Å². The number of rotatable bonds is 6. The first-order valence-electron chi connectivity index (χ1n) is 7.92. The van der Waals surface area contributed by atoms with Crippen molar-refractivity contribution in [2.24, 2.45) is 0 Å². The maximum Gasteiger partial charge on any atom is 0.407 e. The average Bonchev–Trinajstić information content (AvgIpc) is 2.93. The first-order chi connectivity index (χ1) is 12.2. The highest BCUT2D eigenvalue weighted by Gasteiger charge is 2.16. The summed E-state index contributed by atoms with van der Waals surface area (Å²) in [6.07, 6.45) is 0.810. The van der Waals surface area contributed by atoms with E-state index in [1.807, 2.05) is 0 Å². The van der Waals surface area contributed by atoms with E-state index in [1.54, 1.807) is 20.8 Å². The number of alkyl carbamates (subject to hydrolysis) is 1. The van der Waals surface area contributed by atoms with E-state index < -0.39 is 23.2 Å². The Morgan fingerprint density at radius 3 is 2.69 bits per heavy atom. The van der Waals surface area contributed by atoms with Crippen molar-refractivity contribution in [3.63, 3.8) is 0 Å². The zero-order valence-corrected chi connectivity index (χ0v) is 15.1. The number of ether oxygens (including phenoxy) is 2. The molecule has 0 saturated carbocycles. The van der Waals surface area contributed by atoms with Crippen LogP contribution in [-0.4, -0.2) is 57.4 Å². The van der Waals surface area contributed by atoms with Crippen molar-refractivity contribution in [3.8, 4) is 0 Å². The fourth-order valence-electron chi connectivity index (χ4n) is 2.02. The van der Waals surface area contributed by atoms with E-state index in [0.717, 1.165) is 0 Å². The highest BCUT2D eigenvalue weighted by Crippen LogP contribution is 2.08. The number of nitrogens with zero attached hydrogens (tertiary/aromatic N) is 3. The van der Waals surface area contributed by atoms with E-state index in [1.165, 1.54) is 18.0 Å². The van der Waals surface area contributed by atoms with E-state index in [-0.39, 0.29) is 30.2 Å². The number of imidazole rings is 1. The summed E-state index contributed by atoms with van der Waals surface area (Å²) in [6.45, 7) is 5.77. The van der Waals surface area contributed by atoms with Gasteiger partial charge in [0.15, 0.2) is 11.2 Å². The number of amides is 1. The number of esters is 1. The summed E-state index contributed by atoms with van der Waals surface area (Å²) in [6, 6.07) is 0. The van der Waals surface area contributed by atoms with E-state index in [4.69, 9.17) is 4.74 Å². The number of hydrogen-bond acceptors (Lipinski definition) is 8. The molecule has 0 aliphatic heterocycles. The Morgan fingerprint density at radius 1 is 1.31 bits per heavy atom. The Morgan fingerprint density at radius 2 is 2.04 bits per heavy atom. The van der Waals surface area contributed by atoms with Gasteiger partial charge in [0.05, 0.1) is 13.4 Å². The number of anilines is 1. The third-order valence-electron chi connectivity index (χ3n) is 3.09. The highest BCUT2D eigenvalue weighted by atomic mass is 16.6. The Hall–Kier alpha value is -3.11. The Labute approximate surface area is 149 Å². The monoisotopic (exact) mass is 366 g/mol. The number of carbonyl (C=O) groups excluding carboxylic acids is 2. The number of fused-ring (bicyclic) bond motifs is 1. The van der Waals surface area contributed by atoms with Crippen molar-refractivity contribution in [1.82, 2.24) is 24.8 Å². The standard InChI is InChI=1S/C15H22N6O5/c1-15(2,3)26-14(24)17-6-5-16-13-19-11-10(12(23)20-13)18-8-21(11)7-9(22)25-4/h8H,5-7H2,1-4H3,(H,17,24)(H2,16,19,20,23). The summed E-state index contributed by atoms with van der Waals surface area (Å²) in [5, 5.41) is 5.47. The van der Waals surface area contributed by atoms with E-state index in [2.05, 4.69) is 30.3 Å². The predicted molar refractivity (Wildman–Crippen MR) is 92.9 cm³/mol. The van der Waals surface area contributed by atoms with Gasteiger partial charge in [-0.2, -0.15) is 4.98 Å². The highest BCUT2D eigenvalue weighted by molar-refractivity contribution is 5.75. The molecule has 0 aliphatic carbocycles. The lowest BCUT2D eigenvalue weighted by Gasteiger charge is -2.19. The molecule has 2 aromatic rings. The summed E-state index contributed by atoms with van der Waals surface area (Å²) in [7, 11) is 1.27.